The summed E-state index contributed by atoms with van der Waals surface area (Å²) in [6, 6.07) is 6.81. The highest BCUT2D eigenvalue weighted by Crippen LogP contribution is 2.13. The van der Waals surface area contributed by atoms with Gasteiger partial charge in [0.15, 0.2) is 0 Å². The first-order chi connectivity index (χ1) is 8.20. The largest absolute Gasteiger partial charge is 0.383 e. The SMILES string of the molecule is COCC(N)C(=O)Nc1nc2ccccc2[nH]1. The number of H-pyrrole nitrogens is 1. The first kappa shape index (κ1) is 11.6. The normalized spacial score (nSPS) is 12.6. The molecule has 0 radical (unpaired) electrons. The average molecular weight is 234 g/mol. The predicted molar refractivity (Wildman–Crippen MR) is 64.6 cm³/mol. The lowest BCUT2D eigenvalue weighted by Crippen LogP contribution is -2.39. The summed E-state index contributed by atoms with van der Waals surface area (Å²) in [4.78, 5) is 18.8. The topological polar surface area (TPSA) is 93.0 Å². The summed E-state index contributed by atoms with van der Waals surface area (Å²) in [6.45, 7) is 0.173. The number of ether oxygens (including phenoxy) is 1. The number of carbonyl (C=O) groups excluding carboxylic acids is 1. The lowest BCUT2D eigenvalue weighted by Gasteiger charge is -2.08. The van der Waals surface area contributed by atoms with Gasteiger partial charge in [-0.05, 0) is 12.1 Å². The Balaban J connectivity index is 2.10. The molecule has 1 heterocycles. The second-order valence-electron chi connectivity index (χ2n) is 3.65. The van der Waals surface area contributed by atoms with Crippen LogP contribution in [0.3, 0.4) is 0 Å². The van der Waals surface area contributed by atoms with Crippen molar-refractivity contribution in [1.29, 1.82) is 0 Å². The van der Waals surface area contributed by atoms with Crippen LogP contribution in [-0.2, 0) is 9.53 Å². The van der Waals surface area contributed by atoms with Gasteiger partial charge in [0.25, 0.3) is 0 Å². The maximum atomic E-state index is 11.6. The van der Waals surface area contributed by atoms with Crippen molar-refractivity contribution in [2.45, 2.75) is 6.04 Å². The van der Waals surface area contributed by atoms with Crippen molar-refractivity contribution in [2.75, 3.05) is 19.0 Å². The predicted octanol–water partition coefficient (Wildman–Crippen LogP) is 0.475. The van der Waals surface area contributed by atoms with Crippen molar-refractivity contribution >= 4 is 22.9 Å². The number of carbonyl (C=O) groups is 1. The molecule has 90 valence electrons. The van der Waals surface area contributed by atoms with Crippen molar-refractivity contribution in [3.63, 3.8) is 0 Å². The average Bonchev–Trinajstić information content (AvgIpc) is 2.71. The molecule has 4 N–H and O–H groups in total. The van der Waals surface area contributed by atoms with Crippen molar-refractivity contribution in [3.8, 4) is 0 Å². The molecule has 0 aliphatic carbocycles. The molecule has 1 aromatic carbocycles. The van der Waals surface area contributed by atoms with Gasteiger partial charge in [-0.25, -0.2) is 4.98 Å². The fourth-order valence-electron chi connectivity index (χ4n) is 1.48. The van der Waals surface area contributed by atoms with Crippen LogP contribution in [0.15, 0.2) is 24.3 Å². The monoisotopic (exact) mass is 234 g/mol. The van der Waals surface area contributed by atoms with E-state index in [1.807, 2.05) is 24.3 Å². The Labute approximate surface area is 98.2 Å². The maximum Gasteiger partial charge on any atom is 0.245 e. The third-order valence-electron chi connectivity index (χ3n) is 2.31. The number of nitrogens with one attached hydrogen (secondary N) is 2. The summed E-state index contributed by atoms with van der Waals surface area (Å²) < 4.78 is 4.80. The van der Waals surface area contributed by atoms with Gasteiger partial charge in [-0.1, -0.05) is 12.1 Å². The summed E-state index contributed by atoms with van der Waals surface area (Å²) >= 11 is 0. The van der Waals surface area contributed by atoms with Crippen LogP contribution in [0.4, 0.5) is 5.95 Å². The number of aromatic amines is 1. The highest BCUT2D eigenvalue weighted by molar-refractivity contribution is 5.94. The second-order valence-corrected chi connectivity index (χ2v) is 3.65. The number of rotatable bonds is 4. The second kappa shape index (κ2) is 4.94. The van der Waals surface area contributed by atoms with Crippen LogP contribution in [0.2, 0.25) is 0 Å². The minimum absolute atomic E-state index is 0.173. The molecule has 1 unspecified atom stereocenters. The number of hydrogen-bond donors (Lipinski definition) is 3. The molecule has 0 spiro atoms. The lowest BCUT2D eigenvalue weighted by atomic mass is 10.3. The number of fused-ring (bicyclic) bond motifs is 1. The van der Waals surface area contributed by atoms with Crippen LogP contribution in [0.25, 0.3) is 11.0 Å². The number of para-hydroxylation sites is 2. The molecule has 0 saturated carbocycles. The lowest BCUT2D eigenvalue weighted by molar-refractivity contribution is -0.118. The quantitative estimate of drug-likeness (QED) is 0.717. The molecule has 0 saturated heterocycles. The fraction of sp³-hybridized carbons (Fsp3) is 0.273. The van der Waals surface area contributed by atoms with E-state index in [4.69, 9.17) is 10.5 Å². The van der Waals surface area contributed by atoms with Crippen molar-refractivity contribution < 1.29 is 9.53 Å². The Morgan fingerprint density at radius 3 is 3.06 bits per heavy atom. The molecule has 17 heavy (non-hydrogen) atoms. The molecular formula is C11H14N4O2. The van der Waals surface area contributed by atoms with E-state index in [9.17, 15) is 4.79 Å². The maximum absolute atomic E-state index is 11.6. The number of aromatic nitrogens is 2. The minimum atomic E-state index is -0.701. The van der Waals surface area contributed by atoms with Gasteiger partial charge in [0.05, 0.1) is 17.6 Å². The van der Waals surface area contributed by atoms with Gasteiger partial charge >= 0.3 is 0 Å². The van der Waals surface area contributed by atoms with Crippen molar-refractivity contribution in [2.24, 2.45) is 5.73 Å². The summed E-state index contributed by atoms with van der Waals surface area (Å²) in [6.07, 6.45) is 0. The molecule has 2 aromatic rings. The summed E-state index contributed by atoms with van der Waals surface area (Å²) in [7, 11) is 1.49. The number of nitrogens with zero attached hydrogens (tertiary/aromatic N) is 1. The number of amides is 1. The Kier molecular flexibility index (Phi) is 3.36. The highest BCUT2D eigenvalue weighted by Gasteiger charge is 2.14. The van der Waals surface area contributed by atoms with E-state index >= 15 is 0 Å². The number of nitrogens with two attached hydrogens (primary N) is 1. The summed E-state index contributed by atoms with van der Waals surface area (Å²) in [5.41, 5.74) is 7.25. The van der Waals surface area contributed by atoms with Crippen LogP contribution in [-0.4, -0.2) is 35.6 Å². The Bertz CT molecular complexity index is 490. The van der Waals surface area contributed by atoms with Gasteiger partial charge in [-0.3, -0.25) is 10.1 Å². The van der Waals surface area contributed by atoms with Gasteiger partial charge in [-0.15, -0.1) is 0 Å². The fourth-order valence-corrected chi connectivity index (χ4v) is 1.48. The first-order valence-corrected chi connectivity index (χ1v) is 5.21. The third kappa shape index (κ3) is 2.61. The third-order valence-corrected chi connectivity index (χ3v) is 2.31. The molecule has 1 aromatic heterocycles. The smallest absolute Gasteiger partial charge is 0.245 e. The number of imidazole rings is 1. The molecule has 0 bridgehead atoms. The van der Waals surface area contributed by atoms with E-state index < -0.39 is 6.04 Å². The molecule has 1 amide bonds. The first-order valence-electron chi connectivity index (χ1n) is 5.21. The molecule has 0 aliphatic rings. The Morgan fingerprint density at radius 2 is 2.35 bits per heavy atom. The molecule has 2 rings (SSSR count). The van der Waals surface area contributed by atoms with Crippen LogP contribution >= 0.6 is 0 Å². The van der Waals surface area contributed by atoms with Crippen molar-refractivity contribution in [1.82, 2.24) is 9.97 Å². The standard InChI is InChI=1S/C11H14N4O2/c1-17-6-7(12)10(16)15-11-13-8-4-2-3-5-9(8)14-11/h2-5,7H,6,12H2,1H3,(H2,13,14,15,16). The minimum Gasteiger partial charge on any atom is -0.383 e. The van der Waals surface area contributed by atoms with Gasteiger partial charge in [0, 0.05) is 7.11 Å². The zero-order chi connectivity index (χ0) is 12.3. The van der Waals surface area contributed by atoms with E-state index in [-0.39, 0.29) is 12.5 Å². The van der Waals surface area contributed by atoms with Crippen molar-refractivity contribution in [3.05, 3.63) is 24.3 Å². The Morgan fingerprint density at radius 1 is 1.59 bits per heavy atom. The summed E-state index contributed by atoms with van der Waals surface area (Å²) in [5.74, 6) is 0.0636. The van der Waals surface area contributed by atoms with Crippen LogP contribution < -0.4 is 11.1 Å². The van der Waals surface area contributed by atoms with E-state index in [0.29, 0.717) is 5.95 Å². The highest BCUT2D eigenvalue weighted by atomic mass is 16.5. The van der Waals surface area contributed by atoms with Crippen LogP contribution in [0.1, 0.15) is 0 Å². The number of hydrogen-bond acceptors (Lipinski definition) is 4. The number of methoxy groups -OCH3 is 1. The van der Waals surface area contributed by atoms with Gasteiger partial charge in [-0.2, -0.15) is 0 Å². The molecule has 0 fully saturated rings. The summed E-state index contributed by atoms with van der Waals surface area (Å²) in [5, 5.41) is 2.61. The number of benzene rings is 1. The zero-order valence-electron chi connectivity index (χ0n) is 9.43. The van der Waals surface area contributed by atoms with E-state index in [0.717, 1.165) is 11.0 Å². The van der Waals surface area contributed by atoms with Gasteiger partial charge < -0.3 is 15.5 Å². The number of anilines is 1. The van der Waals surface area contributed by atoms with E-state index in [2.05, 4.69) is 15.3 Å². The van der Waals surface area contributed by atoms with Gasteiger partial charge in [0.1, 0.15) is 6.04 Å². The van der Waals surface area contributed by atoms with E-state index in [1.54, 1.807) is 0 Å². The molecule has 0 aliphatic heterocycles. The molecular weight excluding hydrogens is 220 g/mol. The molecule has 6 nitrogen and oxygen atoms in total. The van der Waals surface area contributed by atoms with Crippen LogP contribution in [0.5, 0.6) is 0 Å². The zero-order valence-corrected chi connectivity index (χ0v) is 9.43. The molecule has 6 heteroatoms. The molecule has 1 atom stereocenters. The van der Waals surface area contributed by atoms with Crippen LogP contribution in [0, 0.1) is 0 Å². The Hall–Kier alpha value is -1.92. The van der Waals surface area contributed by atoms with Gasteiger partial charge in [0.2, 0.25) is 11.9 Å². The van der Waals surface area contributed by atoms with E-state index in [1.165, 1.54) is 7.11 Å².